The maximum Gasteiger partial charge on any atom is 0.401 e. The maximum atomic E-state index is 12.5. The fourth-order valence-corrected chi connectivity index (χ4v) is 3.17. The molecule has 0 fully saturated rings. The lowest BCUT2D eigenvalue weighted by Crippen LogP contribution is -2.42. The SMILES string of the molecule is CC[C@@H](C(O)NCC(F)(F)F)n1cnc2cnc(-c3c[nH]c4ncncc34)nc21. The Labute approximate surface area is 162 Å². The topological polar surface area (TPSA) is 117 Å². The van der Waals surface area contributed by atoms with Crippen molar-refractivity contribution in [2.75, 3.05) is 6.54 Å². The molecule has 4 heterocycles. The molecule has 12 heteroatoms. The van der Waals surface area contributed by atoms with Gasteiger partial charge in [-0.1, -0.05) is 6.92 Å². The Bertz CT molecular complexity index is 1140. The van der Waals surface area contributed by atoms with Crippen molar-refractivity contribution in [1.82, 2.24) is 39.8 Å². The quantitative estimate of drug-likeness (QED) is 0.420. The third kappa shape index (κ3) is 3.76. The molecule has 2 atom stereocenters. The van der Waals surface area contributed by atoms with Crippen molar-refractivity contribution in [3.63, 3.8) is 0 Å². The van der Waals surface area contributed by atoms with Gasteiger partial charge in [0.15, 0.2) is 11.5 Å². The van der Waals surface area contributed by atoms with Crippen LogP contribution in [0.3, 0.4) is 0 Å². The van der Waals surface area contributed by atoms with Crippen LogP contribution in [-0.2, 0) is 0 Å². The van der Waals surface area contributed by atoms with E-state index in [1.54, 1.807) is 23.9 Å². The van der Waals surface area contributed by atoms with Crippen LogP contribution in [0.15, 0.2) is 31.2 Å². The predicted octanol–water partition coefficient (Wildman–Crippen LogP) is 2.19. The molecule has 0 radical (unpaired) electrons. The molecule has 3 N–H and O–H groups in total. The highest BCUT2D eigenvalue weighted by molar-refractivity contribution is 5.91. The molecule has 0 aliphatic rings. The second kappa shape index (κ2) is 7.37. The van der Waals surface area contributed by atoms with E-state index in [-0.39, 0.29) is 0 Å². The number of H-pyrrole nitrogens is 1. The number of alkyl halides is 3. The van der Waals surface area contributed by atoms with Gasteiger partial charge >= 0.3 is 6.18 Å². The number of halogens is 3. The molecule has 0 bridgehead atoms. The van der Waals surface area contributed by atoms with Crippen molar-refractivity contribution in [2.45, 2.75) is 31.8 Å². The lowest BCUT2D eigenvalue weighted by molar-refractivity contribution is -0.132. The number of hydrogen-bond acceptors (Lipinski definition) is 7. The molecule has 4 rings (SSSR count). The van der Waals surface area contributed by atoms with Crippen molar-refractivity contribution in [2.24, 2.45) is 0 Å². The molecule has 4 aromatic heterocycles. The number of hydrogen-bond donors (Lipinski definition) is 3. The number of aliphatic hydroxyl groups excluding tert-OH is 1. The molecule has 29 heavy (non-hydrogen) atoms. The van der Waals surface area contributed by atoms with Crippen LogP contribution in [0.4, 0.5) is 13.2 Å². The van der Waals surface area contributed by atoms with E-state index in [0.717, 1.165) is 5.39 Å². The third-order valence-corrected chi connectivity index (χ3v) is 4.56. The van der Waals surface area contributed by atoms with E-state index in [1.165, 1.54) is 18.9 Å². The molecular weight excluding hydrogens is 389 g/mol. The lowest BCUT2D eigenvalue weighted by atomic mass is 10.2. The highest BCUT2D eigenvalue weighted by Gasteiger charge is 2.30. The fourth-order valence-electron chi connectivity index (χ4n) is 3.17. The zero-order valence-electron chi connectivity index (χ0n) is 15.2. The minimum Gasteiger partial charge on any atom is -0.376 e. The maximum absolute atomic E-state index is 12.5. The summed E-state index contributed by atoms with van der Waals surface area (Å²) in [5, 5.41) is 13.1. The van der Waals surface area contributed by atoms with Gasteiger partial charge in [-0.2, -0.15) is 13.2 Å². The summed E-state index contributed by atoms with van der Waals surface area (Å²) in [5.74, 6) is 0.382. The smallest absolute Gasteiger partial charge is 0.376 e. The first-order valence-electron chi connectivity index (χ1n) is 8.82. The Kier molecular flexibility index (Phi) is 4.88. The molecule has 4 aromatic rings. The molecule has 0 aliphatic carbocycles. The van der Waals surface area contributed by atoms with Crippen molar-refractivity contribution in [3.05, 3.63) is 31.2 Å². The second-order valence-corrected chi connectivity index (χ2v) is 6.46. The molecule has 0 aromatic carbocycles. The van der Waals surface area contributed by atoms with Crippen molar-refractivity contribution in [1.29, 1.82) is 0 Å². The molecular formula is C17H17F3N8O. The molecule has 0 amide bonds. The van der Waals surface area contributed by atoms with E-state index in [0.29, 0.717) is 34.6 Å². The Morgan fingerprint density at radius 1 is 1.24 bits per heavy atom. The van der Waals surface area contributed by atoms with Crippen LogP contribution >= 0.6 is 0 Å². The molecule has 0 spiro atoms. The van der Waals surface area contributed by atoms with Crippen molar-refractivity contribution < 1.29 is 18.3 Å². The summed E-state index contributed by atoms with van der Waals surface area (Å²) in [7, 11) is 0. The lowest BCUT2D eigenvalue weighted by Gasteiger charge is -2.24. The molecule has 0 saturated carbocycles. The van der Waals surface area contributed by atoms with E-state index >= 15 is 0 Å². The minimum atomic E-state index is -4.43. The Morgan fingerprint density at radius 3 is 2.83 bits per heavy atom. The van der Waals surface area contributed by atoms with Crippen LogP contribution in [0, 0.1) is 0 Å². The van der Waals surface area contributed by atoms with Crippen LogP contribution in [0.2, 0.25) is 0 Å². The van der Waals surface area contributed by atoms with Gasteiger partial charge < -0.3 is 14.7 Å². The van der Waals surface area contributed by atoms with E-state index < -0.39 is 25.0 Å². The summed E-state index contributed by atoms with van der Waals surface area (Å²) in [6.07, 6.45) is 2.23. The summed E-state index contributed by atoms with van der Waals surface area (Å²) in [6.45, 7) is 0.459. The fraction of sp³-hybridized carbons (Fsp3) is 0.353. The molecule has 0 aliphatic heterocycles. The molecule has 152 valence electrons. The van der Waals surface area contributed by atoms with Crippen LogP contribution < -0.4 is 5.32 Å². The Morgan fingerprint density at radius 2 is 2.07 bits per heavy atom. The number of aromatic amines is 1. The number of nitrogens with zero attached hydrogens (tertiary/aromatic N) is 6. The van der Waals surface area contributed by atoms with E-state index in [9.17, 15) is 18.3 Å². The number of fused-ring (bicyclic) bond motifs is 2. The monoisotopic (exact) mass is 406 g/mol. The van der Waals surface area contributed by atoms with Gasteiger partial charge in [0.1, 0.15) is 23.7 Å². The largest absolute Gasteiger partial charge is 0.401 e. The second-order valence-electron chi connectivity index (χ2n) is 6.46. The number of aliphatic hydroxyl groups is 1. The van der Waals surface area contributed by atoms with Gasteiger partial charge in [0.2, 0.25) is 0 Å². The van der Waals surface area contributed by atoms with Crippen LogP contribution in [-0.4, -0.2) is 58.5 Å². The summed E-state index contributed by atoms with van der Waals surface area (Å²) < 4.78 is 39.0. The summed E-state index contributed by atoms with van der Waals surface area (Å²) >= 11 is 0. The molecule has 0 saturated heterocycles. The normalized spacial score (nSPS) is 14.5. The predicted molar refractivity (Wildman–Crippen MR) is 97.6 cm³/mol. The third-order valence-electron chi connectivity index (χ3n) is 4.56. The van der Waals surface area contributed by atoms with Gasteiger partial charge in [-0.3, -0.25) is 5.32 Å². The van der Waals surface area contributed by atoms with Gasteiger partial charge in [0.25, 0.3) is 0 Å². The van der Waals surface area contributed by atoms with Gasteiger partial charge in [-0.15, -0.1) is 0 Å². The number of rotatable bonds is 6. The Hall–Kier alpha value is -3.12. The van der Waals surface area contributed by atoms with Crippen LogP contribution in [0.5, 0.6) is 0 Å². The Balaban J connectivity index is 1.71. The minimum absolute atomic E-state index is 0.359. The highest BCUT2D eigenvalue weighted by atomic mass is 19.4. The van der Waals surface area contributed by atoms with Crippen LogP contribution in [0.1, 0.15) is 19.4 Å². The number of aromatic nitrogens is 7. The average molecular weight is 406 g/mol. The zero-order chi connectivity index (χ0) is 20.6. The van der Waals surface area contributed by atoms with Gasteiger partial charge in [-0.05, 0) is 6.42 Å². The van der Waals surface area contributed by atoms with Gasteiger partial charge in [0, 0.05) is 23.3 Å². The van der Waals surface area contributed by atoms with Gasteiger partial charge in [0.05, 0.1) is 25.1 Å². The van der Waals surface area contributed by atoms with Gasteiger partial charge in [-0.25, -0.2) is 24.9 Å². The first-order chi connectivity index (χ1) is 13.9. The van der Waals surface area contributed by atoms with Crippen molar-refractivity contribution >= 4 is 22.2 Å². The average Bonchev–Trinajstić information content (AvgIpc) is 3.30. The van der Waals surface area contributed by atoms with Crippen molar-refractivity contribution in [3.8, 4) is 11.4 Å². The summed E-state index contributed by atoms with van der Waals surface area (Å²) in [5.41, 5.74) is 2.18. The number of imidazole rings is 1. The van der Waals surface area contributed by atoms with E-state index in [4.69, 9.17) is 0 Å². The summed E-state index contributed by atoms with van der Waals surface area (Å²) in [6, 6.07) is -0.698. The zero-order valence-corrected chi connectivity index (χ0v) is 15.2. The first-order valence-corrected chi connectivity index (χ1v) is 8.82. The standard InChI is InChI=1S/C17H17F3N8O/c1-2-12(16(29)24-6-17(18,19)20)28-8-26-11-5-23-14(27-15(11)28)10-4-22-13-9(10)3-21-7-25-13/h3-5,7-8,12,16,24,29H,2,6H2,1H3,(H,21,22,25)/t12-,16?/m0/s1. The first kappa shape index (κ1) is 19.2. The van der Waals surface area contributed by atoms with Crippen LogP contribution in [0.25, 0.3) is 33.6 Å². The number of nitrogens with one attached hydrogen (secondary N) is 2. The van der Waals surface area contributed by atoms with E-state index in [1.807, 2.05) is 0 Å². The van der Waals surface area contributed by atoms with E-state index in [2.05, 4.69) is 35.2 Å². The molecule has 9 nitrogen and oxygen atoms in total. The summed E-state index contributed by atoms with van der Waals surface area (Å²) in [4.78, 5) is 24.2. The highest BCUT2D eigenvalue weighted by Crippen LogP contribution is 2.27. The molecule has 1 unspecified atom stereocenters.